The molecule has 6 heteroatoms. The van der Waals surface area contributed by atoms with Gasteiger partial charge >= 0.3 is 0 Å². The maximum atomic E-state index is 6.04. The second-order valence-electron chi connectivity index (χ2n) is 4.51. The Morgan fingerprint density at radius 3 is 2.82 bits per heavy atom. The van der Waals surface area contributed by atoms with Crippen LogP contribution in [0.1, 0.15) is 25.5 Å². The van der Waals surface area contributed by atoms with Crippen LogP contribution in [0.3, 0.4) is 0 Å². The molecule has 0 saturated carbocycles. The van der Waals surface area contributed by atoms with Gasteiger partial charge in [-0.3, -0.25) is 4.90 Å². The van der Waals surface area contributed by atoms with Crippen molar-refractivity contribution in [3.63, 3.8) is 0 Å². The van der Waals surface area contributed by atoms with Gasteiger partial charge in [0, 0.05) is 24.6 Å². The summed E-state index contributed by atoms with van der Waals surface area (Å²) in [5.74, 6) is 0.807. The summed E-state index contributed by atoms with van der Waals surface area (Å²) in [6.45, 7) is 7.51. The Balaban J connectivity index is 1.85. The zero-order chi connectivity index (χ0) is 12.1. The molecule has 96 valence electrons. The average molecular weight is 275 g/mol. The third-order valence-electron chi connectivity index (χ3n) is 3.31. The lowest BCUT2D eigenvalue weighted by Crippen LogP contribution is -2.36. The molecule has 2 heterocycles. The van der Waals surface area contributed by atoms with Gasteiger partial charge in [0.1, 0.15) is 10.0 Å². The van der Waals surface area contributed by atoms with E-state index in [0.29, 0.717) is 0 Å². The predicted octanol–water partition coefficient (Wildman–Crippen LogP) is 2.01. The van der Waals surface area contributed by atoms with E-state index in [1.807, 2.05) is 0 Å². The monoisotopic (exact) mass is 274 g/mol. The molecule has 0 radical (unpaired) electrons. The van der Waals surface area contributed by atoms with Crippen LogP contribution in [0.5, 0.6) is 0 Å². The lowest BCUT2D eigenvalue weighted by molar-refractivity contribution is 0.205. The maximum absolute atomic E-state index is 6.04. The number of nitrogens with one attached hydrogen (secondary N) is 1. The zero-order valence-corrected chi connectivity index (χ0v) is 11.7. The summed E-state index contributed by atoms with van der Waals surface area (Å²) in [7, 11) is 0. The Morgan fingerprint density at radius 1 is 1.47 bits per heavy atom. The molecule has 1 aliphatic heterocycles. The molecular weight excluding hydrogens is 256 g/mol. The lowest BCUT2D eigenvalue weighted by Gasteiger charge is -2.28. The van der Waals surface area contributed by atoms with E-state index < -0.39 is 0 Å². The van der Waals surface area contributed by atoms with E-state index in [1.165, 1.54) is 24.4 Å². The van der Waals surface area contributed by atoms with Gasteiger partial charge in [-0.2, -0.15) is 0 Å². The van der Waals surface area contributed by atoms with Crippen LogP contribution in [0.2, 0.25) is 4.34 Å². The minimum Gasteiger partial charge on any atom is -0.317 e. The first-order valence-electron chi connectivity index (χ1n) is 6.19. The van der Waals surface area contributed by atoms with E-state index >= 15 is 0 Å². The fraction of sp³-hybridized carbons (Fsp3) is 0.818. The van der Waals surface area contributed by atoms with Gasteiger partial charge in [-0.05, 0) is 38.4 Å². The average Bonchev–Trinajstić information content (AvgIpc) is 2.75. The topological polar surface area (TPSA) is 41.1 Å². The van der Waals surface area contributed by atoms with Gasteiger partial charge in [0.15, 0.2) is 0 Å². The number of hydrogen-bond donors (Lipinski definition) is 1. The van der Waals surface area contributed by atoms with Crippen LogP contribution in [0.25, 0.3) is 0 Å². The third kappa shape index (κ3) is 3.88. The summed E-state index contributed by atoms with van der Waals surface area (Å²) in [5, 5.41) is 7.48. The van der Waals surface area contributed by atoms with Gasteiger partial charge in [0.2, 0.25) is 0 Å². The Kier molecular flexibility index (Phi) is 5.16. The fourth-order valence-corrected chi connectivity index (χ4v) is 2.85. The molecule has 0 aliphatic carbocycles. The number of piperidine rings is 1. The van der Waals surface area contributed by atoms with E-state index in [-0.39, 0.29) is 0 Å². The molecular formula is C11H19ClN4S. The molecule has 1 aromatic heterocycles. The summed E-state index contributed by atoms with van der Waals surface area (Å²) in [5.41, 5.74) is 0.924. The first kappa shape index (κ1) is 13.2. The van der Waals surface area contributed by atoms with E-state index in [9.17, 15) is 0 Å². The molecule has 1 aromatic rings. The number of hydrogen-bond acceptors (Lipinski definition) is 5. The molecule has 0 spiro atoms. The summed E-state index contributed by atoms with van der Waals surface area (Å²) >= 11 is 7.31. The summed E-state index contributed by atoms with van der Waals surface area (Å²) in [6.07, 6.45) is 2.55. The molecule has 17 heavy (non-hydrogen) atoms. The normalized spacial score (nSPS) is 17.8. The molecule has 0 atom stereocenters. The predicted molar refractivity (Wildman–Crippen MR) is 71.5 cm³/mol. The largest absolute Gasteiger partial charge is 0.317 e. The minimum atomic E-state index is 0.730. The highest BCUT2D eigenvalue weighted by Gasteiger charge is 2.18. The van der Waals surface area contributed by atoms with Gasteiger partial charge in [0.25, 0.3) is 0 Å². The van der Waals surface area contributed by atoms with Gasteiger partial charge in [-0.1, -0.05) is 23.0 Å². The molecule has 0 unspecified atom stereocenters. The molecule has 1 fully saturated rings. The lowest BCUT2D eigenvalue weighted by atomic mass is 9.97. The highest BCUT2D eigenvalue weighted by atomic mass is 35.5. The van der Waals surface area contributed by atoms with Crippen LogP contribution in [0, 0.1) is 5.92 Å². The van der Waals surface area contributed by atoms with E-state index in [4.69, 9.17) is 11.6 Å². The smallest absolute Gasteiger partial charge is 0.138 e. The molecule has 0 aromatic carbocycles. The van der Waals surface area contributed by atoms with Crippen molar-refractivity contribution in [2.75, 3.05) is 26.2 Å². The van der Waals surface area contributed by atoms with Crippen molar-refractivity contribution in [1.82, 2.24) is 19.8 Å². The van der Waals surface area contributed by atoms with Crippen LogP contribution < -0.4 is 5.32 Å². The van der Waals surface area contributed by atoms with Crippen molar-refractivity contribution < 1.29 is 0 Å². The van der Waals surface area contributed by atoms with Crippen LogP contribution in [0.4, 0.5) is 0 Å². The first-order chi connectivity index (χ1) is 8.29. The van der Waals surface area contributed by atoms with Crippen molar-refractivity contribution in [3.05, 3.63) is 10.0 Å². The third-order valence-corrected chi connectivity index (χ3v) is 4.29. The first-order valence-corrected chi connectivity index (χ1v) is 7.34. The highest BCUT2D eigenvalue weighted by Crippen LogP contribution is 2.20. The second-order valence-corrected chi connectivity index (χ2v) is 5.87. The Hall–Kier alpha value is -0.230. The Labute approximate surface area is 112 Å². The fourth-order valence-electron chi connectivity index (χ4n) is 2.24. The van der Waals surface area contributed by atoms with E-state index in [0.717, 1.165) is 48.7 Å². The van der Waals surface area contributed by atoms with Gasteiger partial charge < -0.3 is 5.32 Å². The van der Waals surface area contributed by atoms with Gasteiger partial charge in [-0.15, -0.1) is 5.10 Å². The van der Waals surface area contributed by atoms with Crippen molar-refractivity contribution in [1.29, 1.82) is 0 Å². The van der Waals surface area contributed by atoms with E-state index in [2.05, 4.69) is 26.7 Å². The number of halogens is 1. The van der Waals surface area contributed by atoms with Crippen molar-refractivity contribution >= 4 is 23.1 Å². The quantitative estimate of drug-likeness (QED) is 0.892. The molecule has 1 aliphatic rings. The summed E-state index contributed by atoms with van der Waals surface area (Å²) < 4.78 is 4.61. The molecule has 0 amide bonds. The molecule has 1 N–H and O–H groups in total. The molecule has 2 rings (SSSR count). The van der Waals surface area contributed by atoms with Crippen LogP contribution >= 0.6 is 23.1 Å². The van der Waals surface area contributed by atoms with Gasteiger partial charge in [-0.25, -0.2) is 0 Å². The number of aromatic nitrogens is 2. The van der Waals surface area contributed by atoms with Crippen molar-refractivity contribution in [3.8, 4) is 0 Å². The van der Waals surface area contributed by atoms with Crippen molar-refractivity contribution in [2.45, 2.75) is 26.3 Å². The van der Waals surface area contributed by atoms with Gasteiger partial charge in [0.05, 0.1) is 0 Å². The summed E-state index contributed by atoms with van der Waals surface area (Å²) in [4.78, 5) is 2.42. The maximum Gasteiger partial charge on any atom is 0.138 e. The summed E-state index contributed by atoms with van der Waals surface area (Å²) in [6, 6.07) is 0. The van der Waals surface area contributed by atoms with Crippen molar-refractivity contribution in [2.24, 2.45) is 5.92 Å². The number of rotatable bonds is 5. The second kappa shape index (κ2) is 6.64. The van der Waals surface area contributed by atoms with E-state index in [1.54, 1.807) is 0 Å². The molecule has 1 saturated heterocycles. The standard InChI is InChI=1S/C11H19ClN4S/c1-2-16(7-9-3-5-13-6-4-9)8-10-11(12)17-15-14-10/h9,13H,2-8H2,1H3. The Bertz CT molecular complexity index is 338. The minimum absolute atomic E-state index is 0.730. The van der Waals surface area contributed by atoms with Crippen LogP contribution in [-0.4, -0.2) is 40.7 Å². The van der Waals surface area contributed by atoms with Crippen LogP contribution in [-0.2, 0) is 6.54 Å². The zero-order valence-electron chi connectivity index (χ0n) is 10.2. The molecule has 0 bridgehead atoms. The SMILES string of the molecule is CCN(Cc1nnsc1Cl)CC1CCNCC1. The highest BCUT2D eigenvalue weighted by molar-refractivity contribution is 7.10. The molecule has 4 nitrogen and oxygen atoms in total. The van der Waals surface area contributed by atoms with Crippen LogP contribution in [0.15, 0.2) is 0 Å². The number of nitrogens with zero attached hydrogens (tertiary/aromatic N) is 3. The Morgan fingerprint density at radius 2 is 2.24 bits per heavy atom.